The van der Waals surface area contributed by atoms with E-state index < -0.39 is 82.4 Å². The molecule has 7 rings (SSSR count). The van der Waals surface area contributed by atoms with Crippen molar-refractivity contribution in [3.63, 3.8) is 0 Å². The second-order valence-corrected chi connectivity index (χ2v) is 13.7. The van der Waals surface area contributed by atoms with Crippen LogP contribution in [0.5, 0.6) is 0 Å². The van der Waals surface area contributed by atoms with Crippen molar-refractivity contribution in [3.05, 3.63) is 35.9 Å². The minimum atomic E-state index is -1.86. The molecule has 1 spiro atoms. The number of hydrogen-bond donors (Lipinski definition) is 4. The summed E-state index contributed by atoms with van der Waals surface area (Å²) in [5.41, 5.74) is -4.81. The molecular weight excluding hydrogens is 546 g/mol. The number of likely N-dealkylation sites (tertiary alicyclic amines) is 1. The average molecular weight is 590 g/mol. The zero-order valence-corrected chi connectivity index (χ0v) is 24.8. The number of fused-ring (bicyclic) bond motifs is 2. The van der Waals surface area contributed by atoms with Crippen molar-refractivity contribution in [3.8, 4) is 0 Å². The van der Waals surface area contributed by atoms with Crippen LogP contribution in [-0.4, -0.2) is 134 Å². The molecule has 0 unspecified atom stereocenters. The molecule has 0 amide bonds. The lowest BCUT2D eigenvalue weighted by molar-refractivity contribution is -0.318. The number of piperidine rings is 1. The molecule has 232 valence electrons. The number of ether oxygens (including phenoxy) is 5. The third-order valence-corrected chi connectivity index (χ3v) is 12.6. The molecule has 6 fully saturated rings. The molecular formula is C31H43NO10. The second-order valence-electron chi connectivity index (χ2n) is 13.7. The van der Waals surface area contributed by atoms with Gasteiger partial charge in [-0.2, -0.15) is 0 Å². The van der Waals surface area contributed by atoms with Crippen molar-refractivity contribution in [2.24, 2.45) is 34.5 Å². The van der Waals surface area contributed by atoms with Crippen LogP contribution >= 0.6 is 0 Å². The lowest BCUT2D eigenvalue weighted by Gasteiger charge is -2.69. The molecule has 42 heavy (non-hydrogen) atoms. The first-order valence-electron chi connectivity index (χ1n) is 14.9. The Bertz CT molecular complexity index is 1240. The van der Waals surface area contributed by atoms with Crippen molar-refractivity contribution in [2.45, 2.75) is 66.7 Å². The predicted molar refractivity (Wildman–Crippen MR) is 146 cm³/mol. The van der Waals surface area contributed by atoms with Crippen LogP contribution in [0.3, 0.4) is 0 Å². The van der Waals surface area contributed by atoms with Crippen molar-refractivity contribution in [2.75, 3.05) is 48.6 Å². The number of rotatable bonds is 7. The molecule has 0 aromatic heterocycles. The smallest absolute Gasteiger partial charge is 0.338 e. The minimum absolute atomic E-state index is 0.102. The molecule has 6 aliphatic rings. The maximum atomic E-state index is 13.5. The van der Waals surface area contributed by atoms with Gasteiger partial charge in [-0.15, -0.1) is 0 Å². The molecule has 11 nitrogen and oxygen atoms in total. The summed E-state index contributed by atoms with van der Waals surface area (Å²) in [6.07, 6.45) is -5.28. The average Bonchev–Trinajstić information content (AvgIpc) is 3.37. The van der Waals surface area contributed by atoms with E-state index in [1.165, 1.54) is 7.11 Å². The van der Waals surface area contributed by atoms with E-state index in [9.17, 15) is 25.2 Å². The Morgan fingerprint density at radius 1 is 1.00 bits per heavy atom. The molecule has 4 N–H and O–H groups in total. The third-order valence-electron chi connectivity index (χ3n) is 12.6. The Kier molecular flexibility index (Phi) is 6.52. The zero-order chi connectivity index (χ0) is 30.0. The third kappa shape index (κ3) is 3.05. The fourth-order valence-corrected chi connectivity index (χ4v) is 11.8. The molecule has 11 heteroatoms. The van der Waals surface area contributed by atoms with Crippen LogP contribution in [0, 0.1) is 34.5 Å². The Morgan fingerprint density at radius 3 is 2.33 bits per heavy atom. The van der Waals surface area contributed by atoms with Gasteiger partial charge in [-0.3, -0.25) is 0 Å². The summed E-state index contributed by atoms with van der Waals surface area (Å²) in [4.78, 5) is 15.7. The largest absolute Gasteiger partial charge is 0.455 e. The summed E-state index contributed by atoms with van der Waals surface area (Å²) < 4.78 is 30.3. The standard InChI is InChI=1S/C31H43NO10/c1-32-13-28(14-38-2)17(33)11-18(39-3)30-16-12-29(36)25(42-27(35)15-9-7-6-8-10-15)19(16)31(37,24(34)26(29)41-5)20(23(30)32)21(40-4)22(28)30/h6-10,16-26,33-34,36-37H,11-14H2,1-5H3/t16-,17-,18+,19-,20+,21-,22-,23-,24+,25-,26+,28+,29-,30+,31-/m1/s1. The number of nitrogens with zero attached hydrogens (tertiary/aromatic N) is 1. The van der Waals surface area contributed by atoms with Gasteiger partial charge in [0.25, 0.3) is 0 Å². The highest BCUT2D eigenvalue weighted by Crippen LogP contribution is 2.80. The van der Waals surface area contributed by atoms with E-state index in [2.05, 4.69) is 4.90 Å². The van der Waals surface area contributed by atoms with E-state index in [0.29, 0.717) is 18.5 Å². The topological polar surface area (TPSA) is 147 Å². The van der Waals surface area contributed by atoms with E-state index in [1.54, 1.807) is 51.7 Å². The van der Waals surface area contributed by atoms with Crippen molar-refractivity contribution < 1.29 is 48.9 Å². The van der Waals surface area contributed by atoms with E-state index >= 15 is 0 Å². The summed E-state index contributed by atoms with van der Waals surface area (Å²) >= 11 is 0. The first kappa shape index (κ1) is 29.1. The number of esters is 1. The maximum absolute atomic E-state index is 13.5. The zero-order valence-electron chi connectivity index (χ0n) is 24.8. The highest BCUT2D eigenvalue weighted by Gasteiger charge is 2.91. The fraction of sp³-hybridized carbons (Fsp3) is 0.774. The molecule has 5 aliphatic carbocycles. The van der Waals surface area contributed by atoms with Crippen molar-refractivity contribution >= 4 is 5.97 Å². The van der Waals surface area contributed by atoms with E-state index in [4.69, 9.17) is 23.7 Å². The minimum Gasteiger partial charge on any atom is -0.455 e. The predicted octanol–water partition coefficient (Wildman–Crippen LogP) is -0.313. The number of methoxy groups -OCH3 is 4. The van der Waals surface area contributed by atoms with Gasteiger partial charge in [0.1, 0.15) is 29.5 Å². The number of hydrogen-bond acceptors (Lipinski definition) is 11. The second kappa shape index (κ2) is 9.42. The monoisotopic (exact) mass is 589 g/mol. The van der Waals surface area contributed by atoms with Crippen LogP contribution in [-0.2, 0) is 23.7 Å². The van der Waals surface area contributed by atoms with E-state index in [0.717, 1.165) is 0 Å². The maximum Gasteiger partial charge on any atom is 0.338 e. The quantitative estimate of drug-likeness (QED) is 0.311. The van der Waals surface area contributed by atoms with Gasteiger partial charge in [-0.1, -0.05) is 18.2 Å². The molecule has 1 aliphatic heterocycles. The van der Waals surface area contributed by atoms with Gasteiger partial charge in [0.15, 0.2) is 0 Å². The Morgan fingerprint density at radius 2 is 1.71 bits per heavy atom. The number of aliphatic hydroxyl groups excluding tert-OH is 2. The van der Waals surface area contributed by atoms with Crippen LogP contribution in [0.15, 0.2) is 30.3 Å². The van der Waals surface area contributed by atoms with Crippen molar-refractivity contribution in [1.82, 2.24) is 4.90 Å². The fourth-order valence-electron chi connectivity index (χ4n) is 11.8. The van der Waals surface area contributed by atoms with Crippen LogP contribution in [0.1, 0.15) is 23.2 Å². The summed E-state index contributed by atoms with van der Waals surface area (Å²) in [5, 5.41) is 49.4. The summed E-state index contributed by atoms with van der Waals surface area (Å²) in [7, 11) is 8.22. The molecule has 15 atom stereocenters. The van der Waals surface area contributed by atoms with Crippen LogP contribution in [0.25, 0.3) is 0 Å². The molecule has 0 radical (unpaired) electrons. The molecule has 1 aromatic carbocycles. The van der Waals surface area contributed by atoms with Gasteiger partial charge >= 0.3 is 5.97 Å². The molecule has 7 bridgehead atoms. The first-order chi connectivity index (χ1) is 20.0. The number of carbonyl (C=O) groups excluding carboxylic acids is 1. The molecule has 1 heterocycles. The van der Waals surface area contributed by atoms with E-state index in [-0.39, 0.29) is 25.0 Å². The Hall–Kier alpha value is -1.67. The molecule has 5 saturated carbocycles. The summed E-state index contributed by atoms with van der Waals surface area (Å²) in [5.74, 6) is -2.96. The normalized spacial score (nSPS) is 53.7. The summed E-state index contributed by atoms with van der Waals surface area (Å²) in [6, 6.07) is 8.22. The van der Waals surface area contributed by atoms with Crippen LogP contribution < -0.4 is 0 Å². The van der Waals surface area contributed by atoms with Gasteiger partial charge in [0.05, 0.1) is 30.5 Å². The lowest BCUT2D eigenvalue weighted by atomic mass is 9.42. The van der Waals surface area contributed by atoms with Gasteiger partial charge in [-0.05, 0) is 31.5 Å². The number of carbonyl (C=O) groups is 1. The number of aliphatic hydroxyl groups is 4. The van der Waals surface area contributed by atoms with Crippen LogP contribution in [0.4, 0.5) is 0 Å². The number of benzene rings is 1. The van der Waals surface area contributed by atoms with Gasteiger partial charge in [-0.25, -0.2) is 4.79 Å². The molecule has 1 saturated heterocycles. The lowest BCUT2D eigenvalue weighted by Crippen LogP contribution is -2.80. The SMILES string of the molecule is COC[C@]12CN(C)[C@@H]3[C@@H]4[C@@H](OC)[C@H]1[C@@]3([C@@H](OC)C[C@H]2O)[C@@H]1C[C@@]2(O)[C@H](OC(=O)c3ccccc3)[C@@H]1[C@]4(O)[C@@H](O)[C@@H]2OC. The Labute approximate surface area is 245 Å². The highest BCUT2D eigenvalue weighted by molar-refractivity contribution is 5.89. The van der Waals surface area contributed by atoms with Gasteiger partial charge in [0, 0.05) is 76.0 Å². The van der Waals surface area contributed by atoms with Crippen LogP contribution in [0.2, 0.25) is 0 Å². The van der Waals surface area contributed by atoms with Gasteiger partial charge in [0.2, 0.25) is 0 Å². The summed E-state index contributed by atoms with van der Waals surface area (Å²) in [6.45, 7) is 0.760. The van der Waals surface area contributed by atoms with Crippen molar-refractivity contribution in [1.29, 1.82) is 0 Å². The first-order valence-corrected chi connectivity index (χ1v) is 14.9. The van der Waals surface area contributed by atoms with Gasteiger partial charge < -0.3 is 49.0 Å². The highest BCUT2D eigenvalue weighted by atomic mass is 16.6. The van der Waals surface area contributed by atoms with E-state index in [1.807, 2.05) is 7.05 Å². The molecule has 1 aromatic rings. The Balaban J connectivity index is 1.47.